The molecule has 0 spiro atoms. The van der Waals surface area contributed by atoms with E-state index < -0.39 is 0 Å². The first-order valence-corrected chi connectivity index (χ1v) is 5.90. The van der Waals surface area contributed by atoms with Crippen LogP contribution in [0.25, 0.3) is 10.2 Å². The predicted octanol–water partition coefficient (Wildman–Crippen LogP) is 4.15. The van der Waals surface area contributed by atoms with Crippen LogP contribution in [-0.4, -0.2) is 4.98 Å². The summed E-state index contributed by atoms with van der Waals surface area (Å²) in [4.78, 5) is 4.54. The molecule has 1 aromatic carbocycles. The molecule has 0 unspecified atom stereocenters. The second kappa shape index (κ2) is 3.87. The largest absolute Gasteiger partial charge is 0.240 e. The van der Waals surface area contributed by atoms with E-state index in [2.05, 4.69) is 24.9 Å². The molecule has 0 fully saturated rings. The minimum atomic E-state index is 0.648. The molecule has 0 atom stereocenters. The number of aromatic nitrogens is 1. The highest BCUT2D eigenvalue weighted by molar-refractivity contribution is 7.18. The normalized spacial score (nSPS) is 11.4. The van der Waals surface area contributed by atoms with Crippen LogP contribution in [-0.2, 0) is 6.42 Å². The lowest BCUT2D eigenvalue weighted by Crippen LogP contribution is -1.92. The molecule has 1 aromatic heterocycles. The van der Waals surface area contributed by atoms with Crippen molar-refractivity contribution in [2.45, 2.75) is 20.3 Å². The van der Waals surface area contributed by atoms with Crippen LogP contribution in [0.2, 0.25) is 5.02 Å². The van der Waals surface area contributed by atoms with Crippen molar-refractivity contribution in [3.63, 3.8) is 0 Å². The van der Waals surface area contributed by atoms with Gasteiger partial charge in [-0.15, -0.1) is 11.3 Å². The number of thiazole rings is 1. The number of nitrogens with zero attached hydrogens (tertiary/aromatic N) is 1. The summed E-state index contributed by atoms with van der Waals surface area (Å²) in [5.41, 5.74) is 0.954. The molecule has 14 heavy (non-hydrogen) atoms. The molecule has 0 aliphatic rings. The van der Waals surface area contributed by atoms with Crippen molar-refractivity contribution >= 4 is 33.2 Å². The standard InChI is InChI=1S/C11H12ClNS/c1-7(2)6-10-13-11-8(12)4-3-5-9(11)14-10/h3-5,7H,6H2,1-2H3. The lowest BCUT2D eigenvalue weighted by atomic mass is 10.1. The summed E-state index contributed by atoms with van der Waals surface area (Å²) in [5, 5.41) is 1.94. The third-order valence-corrected chi connectivity index (χ3v) is 3.34. The Hall–Kier alpha value is -0.600. The molecule has 0 aliphatic heterocycles. The minimum Gasteiger partial charge on any atom is -0.240 e. The van der Waals surface area contributed by atoms with E-state index in [4.69, 9.17) is 11.6 Å². The van der Waals surface area contributed by atoms with Gasteiger partial charge < -0.3 is 0 Å². The fourth-order valence-electron chi connectivity index (χ4n) is 1.40. The van der Waals surface area contributed by atoms with Gasteiger partial charge in [0, 0.05) is 6.42 Å². The van der Waals surface area contributed by atoms with Gasteiger partial charge in [0.05, 0.1) is 14.7 Å². The highest BCUT2D eigenvalue weighted by atomic mass is 35.5. The molecular formula is C11H12ClNS. The Labute approximate surface area is 92.7 Å². The van der Waals surface area contributed by atoms with Crippen LogP contribution in [0.15, 0.2) is 18.2 Å². The Kier molecular flexibility index (Phi) is 2.75. The van der Waals surface area contributed by atoms with Crippen molar-refractivity contribution in [2.24, 2.45) is 5.92 Å². The van der Waals surface area contributed by atoms with Gasteiger partial charge in [0.25, 0.3) is 0 Å². The zero-order valence-electron chi connectivity index (χ0n) is 8.25. The van der Waals surface area contributed by atoms with Crippen molar-refractivity contribution in [3.05, 3.63) is 28.2 Å². The van der Waals surface area contributed by atoms with Gasteiger partial charge in [-0.3, -0.25) is 0 Å². The smallest absolute Gasteiger partial charge is 0.100 e. The number of fused-ring (bicyclic) bond motifs is 1. The van der Waals surface area contributed by atoms with Crippen LogP contribution in [0.3, 0.4) is 0 Å². The van der Waals surface area contributed by atoms with E-state index in [1.54, 1.807) is 11.3 Å². The van der Waals surface area contributed by atoms with Crippen molar-refractivity contribution in [3.8, 4) is 0 Å². The summed E-state index contributed by atoms with van der Waals surface area (Å²) in [7, 11) is 0. The number of hydrogen-bond acceptors (Lipinski definition) is 2. The first-order valence-electron chi connectivity index (χ1n) is 4.70. The number of rotatable bonds is 2. The van der Waals surface area contributed by atoms with Crippen molar-refractivity contribution in [2.75, 3.05) is 0 Å². The molecule has 0 bridgehead atoms. The van der Waals surface area contributed by atoms with Crippen LogP contribution in [0.4, 0.5) is 0 Å². The number of halogens is 1. The number of hydrogen-bond donors (Lipinski definition) is 0. The summed E-state index contributed by atoms with van der Waals surface area (Å²) in [6.45, 7) is 4.40. The average molecular weight is 226 g/mol. The number of para-hydroxylation sites is 1. The van der Waals surface area contributed by atoms with Gasteiger partial charge in [-0.2, -0.15) is 0 Å². The molecule has 0 aliphatic carbocycles. The maximum Gasteiger partial charge on any atom is 0.100 e. The molecular weight excluding hydrogens is 214 g/mol. The molecule has 1 nitrogen and oxygen atoms in total. The van der Waals surface area contributed by atoms with E-state index in [0.29, 0.717) is 5.92 Å². The van der Waals surface area contributed by atoms with Gasteiger partial charge in [0.1, 0.15) is 5.52 Å². The molecule has 74 valence electrons. The first kappa shape index (κ1) is 9.94. The molecule has 2 rings (SSSR count). The second-order valence-corrected chi connectivity index (χ2v) is 5.31. The molecule has 0 amide bonds. The number of benzene rings is 1. The van der Waals surface area contributed by atoms with Gasteiger partial charge in [-0.1, -0.05) is 31.5 Å². The van der Waals surface area contributed by atoms with Crippen molar-refractivity contribution in [1.29, 1.82) is 0 Å². The Morgan fingerprint density at radius 3 is 2.86 bits per heavy atom. The van der Waals surface area contributed by atoms with Crippen LogP contribution in [0, 0.1) is 5.92 Å². The van der Waals surface area contributed by atoms with E-state index >= 15 is 0 Å². The van der Waals surface area contributed by atoms with E-state index in [-0.39, 0.29) is 0 Å². The Bertz CT molecular complexity index is 447. The van der Waals surface area contributed by atoms with Crippen LogP contribution >= 0.6 is 22.9 Å². The van der Waals surface area contributed by atoms with E-state index in [1.807, 2.05) is 12.1 Å². The van der Waals surface area contributed by atoms with Gasteiger partial charge in [-0.25, -0.2) is 4.98 Å². The Morgan fingerprint density at radius 2 is 2.21 bits per heavy atom. The second-order valence-electron chi connectivity index (χ2n) is 3.79. The lowest BCUT2D eigenvalue weighted by molar-refractivity contribution is 0.645. The molecule has 0 N–H and O–H groups in total. The van der Waals surface area contributed by atoms with Gasteiger partial charge in [0.2, 0.25) is 0 Å². The predicted molar refractivity (Wildman–Crippen MR) is 63.2 cm³/mol. The fourth-order valence-corrected chi connectivity index (χ4v) is 2.88. The van der Waals surface area contributed by atoms with E-state index in [9.17, 15) is 0 Å². The molecule has 1 heterocycles. The summed E-state index contributed by atoms with van der Waals surface area (Å²) >= 11 is 7.80. The van der Waals surface area contributed by atoms with Crippen molar-refractivity contribution < 1.29 is 0 Å². The highest BCUT2D eigenvalue weighted by Crippen LogP contribution is 2.28. The van der Waals surface area contributed by atoms with Crippen LogP contribution < -0.4 is 0 Å². The third kappa shape index (κ3) is 1.91. The molecule has 0 saturated heterocycles. The summed E-state index contributed by atoms with van der Waals surface area (Å²) < 4.78 is 1.19. The third-order valence-electron chi connectivity index (χ3n) is 2.00. The Balaban J connectivity index is 2.46. The minimum absolute atomic E-state index is 0.648. The van der Waals surface area contributed by atoms with Crippen LogP contribution in [0.1, 0.15) is 18.9 Å². The quantitative estimate of drug-likeness (QED) is 0.749. The topological polar surface area (TPSA) is 12.9 Å². The zero-order valence-corrected chi connectivity index (χ0v) is 9.82. The molecule has 3 heteroatoms. The fraction of sp³-hybridized carbons (Fsp3) is 0.364. The average Bonchev–Trinajstić information content (AvgIpc) is 2.47. The Morgan fingerprint density at radius 1 is 1.43 bits per heavy atom. The van der Waals surface area contributed by atoms with Gasteiger partial charge in [0.15, 0.2) is 0 Å². The van der Waals surface area contributed by atoms with Crippen LogP contribution in [0.5, 0.6) is 0 Å². The molecule has 2 aromatic rings. The van der Waals surface area contributed by atoms with Gasteiger partial charge in [-0.05, 0) is 18.1 Å². The molecule has 0 radical (unpaired) electrons. The summed E-state index contributed by atoms with van der Waals surface area (Å²) in [5.74, 6) is 0.648. The van der Waals surface area contributed by atoms with E-state index in [1.165, 1.54) is 9.71 Å². The zero-order chi connectivity index (χ0) is 10.1. The lowest BCUT2D eigenvalue weighted by Gasteiger charge is -1.97. The maximum absolute atomic E-state index is 6.05. The van der Waals surface area contributed by atoms with Gasteiger partial charge >= 0.3 is 0 Å². The monoisotopic (exact) mass is 225 g/mol. The van der Waals surface area contributed by atoms with Crippen molar-refractivity contribution in [1.82, 2.24) is 4.98 Å². The first-order chi connectivity index (χ1) is 6.66. The molecule has 0 saturated carbocycles. The maximum atomic E-state index is 6.05. The summed E-state index contributed by atoms with van der Waals surface area (Å²) in [6.07, 6.45) is 1.04. The SMILES string of the molecule is CC(C)Cc1nc2c(Cl)cccc2s1. The highest BCUT2D eigenvalue weighted by Gasteiger charge is 2.07. The van der Waals surface area contributed by atoms with E-state index in [0.717, 1.165) is 17.0 Å². The summed E-state index contributed by atoms with van der Waals surface area (Å²) in [6, 6.07) is 5.94.